The van der Waals surface area contributed by atoms with Crippen LogP contribution in [0.2, 0.25) is 0 Å². The molecule has 0 bridgehead atoms. The molecule has 2 aromatic carbocycles. The molecule has 3 aromatic rings. The van der Waals surface area contributed by atoms with Gasteiger partial charge in [-0.15, -0.1) is 0 Å². The van der Waals surface area contributed by atoms with Crippen LogP contribution in [0.25, 0.3) is 10.9 Å². The lowest BCUT2D eigenvalue weighted by atomic mass is 10.1. The van der Waals surface area contributed by atoms with Gasteiger partial charge in [0, 0.05) is 35.8 Å². The summed E-state index contributed by atoms with van der Waals surface area (Å²) in [6.45, 7) is 2.99. The van der Waals surface area contributed by atoms with Crippen molar-refractivity contribution in [1.82, 2.24) is 9.47 Å². The first kappa shape index (κ1) is 24.8. The third kappa shape index (κ3) is 7.64. The summed E-state index contributed by atoms with van der Waals surface area (Å²) in [5.74, 6) is 1.11. The van der Waals surface area contributed by atoms with Crippen LogP contribution in [-0.4, -0.2) is 41.6 Å². The van der Waals surface area contributed by atoms with E-state index in [0.29, 0.717) is 5.75 Å². The minimum Gasteiger partial charge on any atom is -0.508 e. The zero-order chi connectivity index (χ0) is 23.5. The van der Waals surface area contributed by atoms with E-state index in [9.17, 15) is 9.90 Å². The summed E-state index contributed by atoms with van der Waals surface area (Å²) in [5.41, 5.74) is 3.08. The van der Waals surface area contributed by atoms with Crippen molar-refractivity contribution in [3.63, 3.8) is 0 Å². The number of carbonyl (C=O) groups is 1. The summed E-state index contributed by atoms with van der Waals surface area (Å²) in [4.78, 5) is 13.8. The molecule has 0 unspecified atom stereocenters. The van der Waals surface area contributed by atoms with Crippen molar-refractivity contribution in [3.8, 4) is 11.5 Å². The molecule has 0 spiro atoms. The number of hydrogen-bond donors (Lipinski definition) is 1. The Balaban J connectivity index is 1.24. The lowest BCUT2D eigenvalue weighted by molar-refractivity contribution is 0.112. The smallest absolute Gasteiger partial charge is 0.152 e. The second-order valence-corrected chi connectivity index (χ2v) is 9.01. The van der Waals surface area contributed by atoms with E-state index in [1.165, 1.54) is 50.5 Å². The molecule has 0 amide bonds. The van der Waals surface area contributed by atoms with Crippen molar-refractivity contribution in [2.45, 2.75) is 64.5 Å². The second-order valence-electron chi connectivity index (χ2n) is 9.01. The Morgan fingerprint density at radius 2 is 1.61 bits per heavy atom. The number of phenols is 1. The molecule has 0 fully saturated rings. The standard InChI is InChI=1S/C28H38N2O3/c1-29(20-23-11-13-25(32)14-12-23)17-9-7-5-3-4-6-8-10-18-30-21-24(22-31)27-19-26(33-2)15-16-28(27)30/h11-16,19,21-22,32H,3-10,17-18,20H2,1-2H3. The van der Waals surface area contributed by atoms with E-state index in [1.54, 1.807) is 19.2 Å². The van der Waals surface area contributed by atoms with Crippen molar-refractivity contribution in [1.29, 1.82) is 0 Å². The average molecular weight is 451 g/mol. The molecule has 0 saturated carbocycles. The fourth-order valence-electron chi connectivity index (χ4n) is 4.43. The number of hydrogen-bond acceptors (Lipinski definition) is 4. The average Bonchev–Trinajstić information content (AvgIpc) is 3.18. The van der Waals surface area contributed by atoms with Gasteiger partial charge < -0.3 is 19.3 Å². The van der Waals surface area contributed by atoms with Gasteiger partial charge in [-0.25, -0.2) is 0 Å². The predicted molar refractivity (Wildman–Crippen MR) is 135 cm³/mol. The normalized spacial score (nSPS) is 11.4. The van der Waals surface area contributed by atoms with Gasteiger partial charge in [-0.3, -0.25) is 4.79 Å². The van der Waals surface area contributed by atoms with E-state index in [2.05, 4.69) is 16.5 Å². The molecular formula is C28H38N2O3. The van der Waals surface area contributed by atoms with Gasteiger partial charge in [-0.2, -0.15) is 0 Å². The molecular weight excluding hydrogens is 412 g/mol. The van der Waals surface area contributed by atoms with Crippen LogP contribution in [0.1, 0.15) is 67.3 Å². The molecule has 0 atom stereocenters. The Hall–Kier alpha value is -2.79. The van der Waals surface area contributed by atoms with E-state index < -0.39 is 0 Å². The number of nitrogens with zero attached hydrogens (tertiary/aromatic N) is 2. The van der Waals surface area contributed by atoms with Crippen molar-refractivity contribution < 1.29 is 14.6 Å². The van der Waals surface area contributed by atoms with Gasteiger partial charge in [0.25, 0.3) is 0 Å². The Labute approximate surface area is 198 Å². The van der Waals surface area contributed by atoms with E-state index in [-0.39, 0.29) is 0 Å². The van der Waals surface area contributed by atoms with Crippen molar-refractivity contribution in [3.05, 3.63) is 59.8 Å². The first-order valence-corrected chi connectivity index (χ1v) is 12.2. The summed E-state index contributed by atoms with van der Waals surface area (Å²) in [6.07, 6.45) is 13.0. The first-order valence-electron chi connectivity index (χ1n) is 12.2. The molecule has 1 aromatic heterocycles. The van der Waals surface area contributed by atoms with Crippen LogP contribution in [0, 0.1) is 0 Å². The number of phenolic OH excluding ortho intramolecular Hbond substituents is 1. The molecule has 0 aliphatic heterocycles. The number of carbonyl (C=O) groups excluding carboxylic acids is 1. The van der Waals surface area contributed by atoms with Crippen LogP contribution in [0.5, 0.6) is 11.5 Å². The van der Waals surface area contributed by atoms with E-state index in [4.69, 9.17) is 4.74 Å². The minimum absolute atomic E-state index is 0.327. The van der Waals surface area contributed by atoms with Gasteiger partial charge in [0.1, 0.15) is 11.5 Å². The van der Waals surface area contributed by atoms with Gasteiger partial charge in [0.2, 0.25) is 0 Å². The highest BCUT2D eigenvalue weighted by Gasteiger charge is 2.09. The summed E-state index contributed by atoms with van der Waals surface area (Å²) < 4.78 is 7.50. The van der Waals surface area contributed by atoms with Crippen molar-refractivity contribution in [2.24, 2.45) is 0 Å². The molecule has 5 heteroatoms. The number of methoxy groups -OCH3 is 1. The van der Waals surface area contributed by atoms with Crippen LogP contribution in [0.15, 0.2) is 48.7 Å². The number of benzene rings is 2. The second kappa shape index (κ2) is 13.0. The van der Waals surface area contributed by atoms with Gasteiger partial charge in [0.05, 0.1) is 7.11 Å². The third-order valence-electron chi connectivity index (χ3n) is 6.32. The largest absolute Gasteiger partial charge is 0.508 e. The maximum absolute atomic E-state index is 11.4. The number of unbranched alkanes of at least 4 members (excludes halogenated alkanes) is 7. The number of aromatic nitrogens is 1. The van der Waals surface area contributed by atoms with Crippen LogP contribution in [0.3, 0.4) is 0 Å². The lowest BCUT2D eigenvalue weighted by Gasteiger charge is -2.16. The highest BCUT2D eigenvalue weighted by molar-refractivity contribution is 5.98. The number of aldehydes is 1. The maximum Gasteiger partial charge on any atom is 0.152 e. The maximum atomic E-state index is 11.4. The SMILES string of the molecule is COc1ccc2c(c1)c(C=O)cn2CCCCCCCCCCN(C)Cc1ccc(O)cc1. The summed E-state index contributed by atoms with van der Waals surface area (Å²) in [6, 6.07) is 13.4. The molecule has 33 heavy (non-hydrogen) atoms. The monoisotopic (exact) mass is 450 g/mol. The third-order valence-corrected chi connectivity index (χ3v) is 6.32. The summed E-state index contributed by atoms with van der Waals surface area (Å²) in [7, 11) is 3.81. The van der Waals surface area contributed by atoms with E-state index in [1.807, 2.05) is 36.5 Å². The lowest BCUT2D eigenvalue weighted by Crippen LogP contribution is -2.18. The minimum atomic E-state index is 0.327. The first-order chi connectivity index (χ1) is 16.1. The zero-order valence-corrected chi connectivity index (χ0v) is 20.1. The predicted octanol–water partition coefficient (Wildman–Crippen LogP) is 6.42. The van der Waals surface area contributed by atoms with E-state index in [0.717, 1.165) is 54.6 Å². The molecule has 3 rings (SSSR count). The summed E-state index contributed by atoms with van der Waals surface area (Å²) >= 11 is 0. The molecule has 0 aliphatic carbocycles. The van der Waals surface area contributed by atoms with Gasteiger partial charge in [-0.1, -0.05) is 50.7 Å². The van der Waals surface area contributed by atoms with Gasteiger partial charge in [0.15, 0.2) is 6.29 Å². The Kier molecular flexibility index (Phi) is 9.82. The van der Waals surface area contributed by atoms with Crippen LogP contribution in [-0.2, 0) is 13.1 Å². The van der Waals surface area contributed by atoms with Gasteiger partial charge in [-0.05, 0) is 62.3 Å². The van der Waals surface area contributed by atoms with Crippen molar-refractivity contribution >= 4 is 17.2 Å². The Morgan fingerprint density at radius 1 is 0.939 bits per heavy atom. The van der Waals surface area contributed by atoms with Crippen LogP contribution >= 0.6 is 0 Å². The van der Waals surface area contributed by atoms with Crippen molar-refractivity contribution in [2.75, 3.05) is 20.7 Å². The number of rotatable bonds is 15. The highest BCUT2D eigenvalue weighted by atomic mass is 16.5. The zero-order valence-electron chi connectivity index (χ0n) is 20.1. The fraction of sp³-hybridized carbons (Fsp3) is 0.464. The number of aromatic hydroxyl groups is 1. The van der Waals surface area contributed by atoms with Gasteiger partial charge >= 0.3 is 0 Å². The molecule has 5 nitrogen and oxygen atoms in total. The molecule has 1 N–H and O–H groups in total. The molecule has 0 aliphatic rings. The van der Waals surface area contributed by atoms with Crippen LogP contribution < -0.4 is 4.74 Å². The molecule has 0 radical (unpaired) electrons. The fourth-order valence-corrected chi connectivity index (χ4v) is 4.43. The van der Waals surface area contributed by atoms with Crippen LogP contribution in [0.4, 0.5) is 0 Å². The Morgan fingerprint density at radius 3 is 2.27 bits per heavy atom. The number of fused-ring (bicyclic) bond motifs is 1. The number of aryl methyl sites for hydroxylation is 1. The molecule has 1 heterocycles. The molecule has 0 saturated heterocycles. The quantitative estimate of drug-likeness (QED) is 0.214. The Bertz CT molecular complexity index is 994. The molecule has 178 valence electrons. The topological polar surface area (TPSA) is 54.7 Å². The summed E-state index contributed by atoms with van der Waals surface area (Å²) in [5, 5.41) is 10.3. The number of ether oxygens (including phenoxy) is 1. The highest BCUT2D eigenvalue weighted by Crippen LogP contribution is 2.25. The van der Waals surface area contributed by atoms with E-state index >= 15 is 0 Å².